The molecule has 0 unspecified atom stereocenters. The molecule has 0 saturated carbocycles. The number of nitro groups is 1. The normalized spacial score (nSPS) is 10.2. The van der Waals surface area contributed by atoms with E-state index in [1.807, 2.05) is 0 Å². The molecule has 0 aliphatic rings. The molecule has 0 amide bonds. The molecule has 6 heteroatoms. The first kappa shape index (κ1) is 13.5. The van der Waals surface area contributed by atoms with Crippen LogP contribution < -0.4 is 4.74 Å². The zero-order chi connectivity index (χ0) is 13.8. The predicted molar refractivity (Wildman–Crippen MR) is 71.5 cm³/mol. The van der Waals surface area contributed by atoms with Gasteiger partial charge in [-0.3, -0.25) is 10.1 Å². The van der Waals surface area contributed by atoms with E-state index in [4.69, 9.17) is 4.74 Å². The van der Waals surface area contributed by atoms with Crippen LogP contribution in [0, 0.1) is 15.9 Å². The Kier molecular flexibility index (Phi) is 4.11. The third kappa shape index (κ3) is 3.51. The van der Waals surface area contributed by atoms with Gasteiger partial charge in [-0.15, -0.1) is 0 Å². The Hall–Kier alpha value is -1.95. The van der Waals surface area contributed by atoms with Crippen molar-refractivity contribution in [2.75, 3.05) is 0 Å². The molecular weight excluding hydrogens is 317 g/mol. The van der Waals surface area contributed by atoms with E-state index in [9.17, 15) is 14.5 Å². The summed E-state index contributed by atoms with van der Waals surface area (Å²) in [6.45, 7) is 0.221. The van der Waals surface area contributed by atoms with Crippen LogP contribution in [0.5, 0.6) is 5.75 Å². The third-order valence-electron chi connectivity index (χ3n) is 2.44. The molecule has 2 rings (SSSR count). The molecule has 0 aliphatic heterocycles. The van der Waals surface area contributed by atoms with Crippen molar-refractivity contribution in [3.8, 4) is 5.75 Å². The largest absolute Gasteiger partial charge is 0.489 e. The SMILES string of the molecule is O=[N+]([O-])c1ccc(COc2ccc(Br)c(F)c2)cc1. The first-order chi connectivity index (χ1) is 9.06. The van der Waals surface area contributed by atoms with Crippen LogP contribution in [-0.2, 0) is 6.61 Å². The van der Waals surface area contributed by atoms with Crippen molar-refractivity contribution in [1.82, 2.24) is 0 Å². The highest BCUT2D eigenvalue weighted by Crippen LogP contribution is 2.22. The fourth-order valence-electron chi connectivity index (χ4n) is 1.45. The summed E-state index contributed by atoms with van der Waals surface area (Å²) in [5.41, 5.74) is 0.798. The van der Waals surface area contributed by atoms with Gasteiger partial charge in [0.2, 0.25) is 0 Å². The molecule has 19 heavy (non-hydrogen) atoms. The van der Waals surface area contributed by atoms with Crippen LogP contribution in [0.1, 0.15) is 5.56 Å². The van der Waals surface area contributed by atoms with Crippen LogP contribution in [-0.4, -0.2) is 4.92 Å². The molecule has 0 N–H and O–H groups in total. The Morgan fingerprint density at radius 3 is 2.47 bits per heavy atom. The van der Waals surface area contributed by atoms with E-state index >= 15 is 0 Å². The Morgan fingerprint density at radius 2 is 1.89 bits per heavy atom. The molecule has 0 aliphatic carbocycles. The zero-order valence-electron chi connectivity index (χ0n) is 9.68. The second-order valence-electron chi connectivity index (χ2n) is 3.79. The maximum absolute atomic E-state index is 13.2. The average Bonchev–Trinajstić information content (AvgIpc) is 2.40. The summed E-state index contributed by atoms with van der Waals surface area (Å²) in [7, 11) is 0. The van der Waals surface area contributed by atoms with Crippen molar-refractivity contribution in [2.45, 2.75) is 6.61 Å². The summed E-state index contributed by atoms with van der Waals surface area (Å²) in [5, 5.41) is 10.5. The summed E-state index contributed by atoms with van der Waals surface area (Å²) >= 11 is 3.05. The van der Waals surface area contributed by atoms with Gasteiger partial charge in [0.15, 0.2) is 0 Å². The number of hydrogen-bond donors (Lipinski definition) is 0. The predicted octanol–water partition coefficient (Wildman–Crippen LogP) is 4.08. The lowest BCUT2D eigenvalue weighted by atomic mass is 10.2. The van der Waals surface area contributed by atoms with Gasteiger partial charge < -0.3 is 4.74 Å². The molecule has 0 fully saturated rings. The Balaban J connectivity index is 2.01. The van der Waals surface area contributed by atoms with Gasteiger partial charge >= 0.3 is 0 Å². The van der Waals surface area contributed by atoms with Crippen LogP contribution >= 0.6 is 15.9 Å². The van der Waals surface area contributed by atoms with Crippen molar-refractivity contribution < 1.29 is 14.1 Å². The Morgan fingerprint density at radius 1 is 1.21 bits per heavy atom. The van der Waals surface area contributed by atoms with Gasteiger partial charge in [0.05, 0.1) is 9.40 Å². The van der Waals surface area contributed by atoms with Crippen LogP contribution in [0.2, 0.25) is 0 Å². The fourth-order valence-corrected chi connectivity index (χ4v) is 1.69. The second-order valence-corrected chi connectivity index (χ2v) is 4.64. The molecular formula is C13H9BrFNO3. The topological polar surface area (TPSA) is 52.4 Å². The number of halogens is 2. The number of nitro benzene ring substituents is 1. The summed E-state index contributed by atoms with van der Waals surface area (Å²) in [6.07, 6.45) is 0. The van der Waals surface area contributed by atoms with Crippen LogP contribution in [0.3, 0.4) is 0 Å². The number of non-ortho nitro benzene ring substituents is 1. The Bertz CT molecular complexity index is 601. The van der Waals surface area contributed by atoms with E-state index in [1.165, 1.54) is 18.2 Å². The molecule has 0 saturated heterocycles. The minimum absolute atomic E-state index is 0.0263. The molecule has 2 aromatic carbocycles. The van der Waals surface area contributed by atoms with E-state index in [0.29, 0.717) is 10.2 Å². The van der Waals surface area contributed by atoms with E-state index in [-0.39, 0.29) is 12.3 Å². The summed E-state index contributed by atoms with van der Waals surface area (Å²) in [5.74, 6) is 0.000234. The highest BCUT2D eigenvalue weighted by molar-refractivity contribution is 9.10. The van der Waals surface area contributed by atoms with Crippen molar-refractivity contribution in [2.24, 2.45) is 0 Å². The van der Waals surface area contributed by atoms with E-state index < -0.39 is 10.7 Å². The number of nitrogens with zero attached hydrogens (tertiary/aromatic N) is 1. The van der Waals surface area contributed by atoms with Gasteiger partial charge in [0, 0.05) is 18.2 Å². The second kappa shape index (κ2) is 5.79. The molecule has 0 bridgehead atoms. The minimum atomic E-state index is -0.464. The van der Waals surface area contributed by atoms with Crippen molar-refractivity contribution >= 4 is 21.6 Å². The minimum Gasteiger partial charge on any atom is -0.489 e. The van der Waals surface area contributed by atoms with Crippen LogP contribution in [0.25, 0.3) is 0 Å². The lowest BCUT2D eigenvalue weighted by molar-refractivity contribution is -0.384. The van der Waals surface area contributed by atoms with Crippen LogP contribution in [0.4, 0.5) is 10.1 Å². The monoisotopic (exact) mass is 325 g/mol. The fraction of sp³-hybridized carbons (Fsp3) is 0.0769. The number of ether oxygens (including phenoxy) is 1. The molecule has 0 radical (unpaired) electrons. The molecule has 0 atom stereocenters. The highest BCUT2D eigenvalue weighted by Gasteiger charge is 2.05. The highest BCUT2D eigenvalue weighted by atomic mass is 79.9. The van der Waals surface area contributed by atoms with Gasteiger partial charge in [-0.1, -0.05) is 0 Å². The molecule has 0 spiro atoms. The summed E-state index contributed by atoms with van der Waals surface area (Å²) in [4.78, 5) is 10.0. The Labute approximate surface area is 117 Å². The smallest absolute Gasteiger partial charge is 0.269 e. The van der Waals surface area contributed by atoms with Gasteiger partial charge in [0.25, 0.3) is 5.69 Å². The summed E-state index contributed by atoms with van der Waals surface area (Å²) in [6, 6.07) is 10.5. The summed E-state index contributed by atoms with van der Waals surface area (Å²) < 4.78 is 19.0. The quantitative estimate of drug-likeness (QED) is 0.628. The molecule has 0 heterocycles. The number of rotatable bonds is 4. The standard InChI is InChI=1S/C13H9BrFNO3/c14-12-6-5-11(7-13(12)15)19-8-9-1-3-10(4-2-9)16(17)18/h1-7H,8H2. The van der Waals surface area contributed by atoms with Crippen molar-refractivity contribution in [1.29, 1.82) is 0 Å². The molecule has 2 aromatic rings. The lowest BCUT2D eigenvalue weighted by Crippen LogP contribution is -1.96. The van der Waals surface area contributed by atoms with Gasteiger partial charge in [-0.2, -0.15) is 0 Å². The molecule has 4 nitrogen and oxygen atoms in total. The zero-order valence-corrected chi connectivity index (χ0v) is 11.3. The number of benzene rings is 2. The van der Waals surface area contributed by atoms with Crippen LogP contribution in [0.15, 0.2) is 46.9 Å². The van der Waals surface area contributed by atoms with Gasteiger partial charge in [0.1, 0.15) is 18.2 Å². The van der Waals surface area contributed by atoms with Gasteiger partial charge in [-0.25, -0.2) is 4.39 Å². The van der Waals surface area contributed by atoms with E-state index in [0.717, 1.165) is 5.56 Å². The molecule has 0 aromatic heterocycles. The molecule has 98 valence electrons. The maximum atomic E-state index is 13.2. The first-order valence-corrected chi connectivity index (χ1v) is 6.17. The van der Waals surface area contributed by atoms with Gasteiger partial charge in [-0.05, 0) is 45.8 Å². The van der Waals surface area contributed by atoms with Crippen molar-refractivity contribution in [3.63, 3.8) is 0 Å². The maximum Gasteiger partial charge on any atom is 0.269 e. The van der Waals surface area contributed by atoms with Crippen molar-refractivity contribution in [3.05, 3.63) is 68.4 Å². The lowest BCUT2D eigenvalue weighted by Gasteiger charge is -2.06. The average molecular weight is 326 g/mol. The van der Waals surface area contributed by atoms with E-state index in [2.05, 4.69) is 15.9 Å². The van der Waals surface area contributed by atoms with E-state index in [1.54, 1.807) is 24.3 Å². The number of hydrogen-bond acceptors (Lipinski definition) is 3. The first-order valence-electron chi connectivity index (χ1n) is 5.37. The third-order valence-corrected chi connectivity index (χ3v) is 3.09.